The lowest BCUT2D eigenvalue weighted by Gasteiger charge is -2.07. The Kier molecular flexibility index (Phi) is 6.11. The minimum absolute atomic E-state index is 0.262. The third-order valence-electron chi connectivity index (χ3n) is 3.73. The molecule has 0 saturated carbocycles. The van der Waals surface area contributed by atoms with Gasteiger partial charge in [-0.25, -0.2) is 0 Å². The molecule has 26 heavy (non-hydrogen) atoms. The van der Waals surface area contributed by atoms with E-state index in [1.54, 1.807) is 24.5 Å². The molecule has 0 bridgehead atoms. The van der Waals surface area contributed by atoms with Crippen LogP contribution >= 0.6 is 11.6 Å². The summed E-state index contributed by atoms with van der Waals surface area (Å²) in [4.78, 5) is 16.0. The number of carbonyl (C=O) groups excluding carboxylic acids is 1. The van der Waals surface area contributed by atoms with Crippen LogP contribution in [0.1, 0.15) is 21.6 Å². The maximum Gasteiger partial charge on any atom is 0.272 e. The molecule has 3 rings (SSSR count). The van der Waals surface area contributed by atoms with E-state index in [4.69, 9.17) is 11.6 Å². The summed E-state index contributed by atoms with van der Waals surface area (Å²) in [6.45, 7) is 1.13. The second kappa shape index (κ2) is 8.92. The Hall–Kier alpha value is -2.99. The predicted molar refractivity (Wildman–Crippen MR) is 101 cm³/mol. The van der Waals surface area contributed by atoms with Crippen LogP contribution in [0.3, 0.4) is 0 Å². The van der Waals surface area contributed by atoms with Gasteiger partial charge < -0.3 is 10.6 Å². The zero-order valence-corrected chi connectivity index (χ0v) is 14.8. The Labute approximate surface area is 156 Å². The number of rotatable bonds is 7. The van der Waals surface area contributed by atoms with Crippen molar-refractivity contribution in [2.75, 3.05) is 11.9 Å². The molecule has 0 saturated heterocycles. The third kappa shape index (κ3) is 5.26. The number of carbonyl (C=O) groups is 1. The van der Waals surface area contributed by atoms with Crippen molar-refractivity contribution in [3.8, 4) is 0 Å². The van der Waals surface area contributed by atoms with Crippen molar-refractivity contribution in [1.82, 2.24) is 20.5 Å². The van der Waals surface area contributed by atoms with Crippen LogP contribution < -0.4 is 10.6 Å². The van der Waals surface area contributed by atoms with Gasteiger partial charge in [-0.1, -0.05) is 23.7 Å². The van der Waals surface area contributed by atoms with E-state index in [0.717, 1.165) is 17.0 Å². The monoisotopic (exact) mass is 367 g/mol. The zero-order valence-electron chi connectivity index (χ0n) is 14.0. The molecule has 0 spiro atoms. The molecule has 3 aromatic rings. The van der Waals surface area contributed by atoms with Gasteiger partial charge in [-0.2, -0.15) is 0 Å². The average Bonchev–Trinajstić information content (AvgIpc) is 2.69. The average molecular weight is 368 g/mol. The normalized spacial score (nSPS) is 10.3. The van der Waals surface area contributed by atoms with E-state index in [9.17, 15) is 4.79 Å². The number of halogens is 1. The van der Waals surface area contributed by atoms with E-state index >= 15 is 0 Å². The summed E-state index contributed by atoms with van der Waals surface area (Å²) in [5, 5.41) is 14.7. The zero-order chi connectivity index (χ0) is 18.2. The molecule has 2 N–H and O–H groups in total. The summed E-state index contributed by atoms with van der Waals surface area (Å²) in [5.41, 5.74) is 2.44. The Balaban J connectivity index is 1.46. The Morgan fingerprint density at radius 3 is 2.38 bits per heavy atom. The smallest absolute Gasteiger partial charge is 0.272 e. The molecule has 0 radical (unpaired) electrons. The minimum Gasteiger partial charge on any atom is -0.368 e. The molecule has 6 nitrogen and oxygen atoms in total. The van der Waals surface area contributed by atoms with E-state index in [2.05, 4.69) is 25.8 Å². The molecule has 0 aliphatic heterocycles. The van der Waals surface area contributed by atoms with Crippen LogP contribution in [-0.4, -0.2) is 27.6 Å². The van der Waals surface area contributed by atoms with Crippen molar-refractivity contribution in [1.29, 1.82) is 0 Å². The molecule has 0 atom stereocenters. The molecule has 1 aromatic carbocycles. The fourth-order valence-electron chi connectivity index (χ4n) is 2.31. The van der Waals surface area contributed by atoms with Gasteiger partial charge in [0, 0.05) is 30.5 Å². The van der Waals surface area contributed by atoms with E-state index in [0.29, 0.717) is 18.9 Å². The number of benzene rings is 1. The molecule has 2 heterocycles. The van der Waals surface area contributed by atoms with Gasteiger partial charge >= 0.3 is 0 Å². The van der Waals surface area contributed by atoms with Gasteiger partial charge in [-0.05, 0) is 53.9 Å². The quantitative estimate of drug-likeness (QED) is 0.670. The van der Waals surface area contributed by atoms with Gasteiger partial charge in [0.15, 0.2) is 5.69 Å². The van der Waals surface area contributed by atoms with Gasteiger partial charge in [-0.3, -0.25) is 9.78 Å². The summed E-state index contributed by atoms with van der Waals surface area (Å²) < 4.78 is 0. The van der Waals surface area contributed by atoms with Crippen LogP contribution in [0, 0.1) is 0 Å². The Morgan fingerprint density at radius 2 is 1.69 bits per heavy atom. The van der Waals surface area contributed by atoms with Crippen LogP contribution in [0.25, 0.3) is 0 Å². The van der Waals surface area contributed by atoms with Gasteiger partial charge in [0.1, 0.15) is 5.82 Å². The summed E-state index contributed by atoms with van der Waals surface area (Å²) in [6, 6.07) is 14.8. The van der Waals surface area contributed by atoms with Crippen LogP contribution in [0.2, 0.25) is 5.02 Å². The lowest BCUT2D eigenvalue weighted by atomic mass is 10.1. The molecule has 0 unspecified atom stereocenters. The molecule has 0 aliphatic carbocycles. The van der Waals surface area contributed by atoms with Crippen LogP contribution in [0.5, 0.6) is 0 Å². The predicted octanol–water partition coefficient (Wildman–Crippen LogP) is 3.11. The first-order valence-electron chi connectivity index (χ1n) is 8.20. The summed E-state index contributed by atoms with van der Waals surface area (Å²) in [5.74, 6) is 0.367. The number of amides is 1. The number of nitrogens with zero attached hydrogens (tertiary/aromatic N) is 3. The molecule has 0 aliphatic rings. The summed E-state index contributed by atoms with van der Waals surface area (Å²) in [7, 11) is 0. The molecular weight excluding hydrogens is 350 g/mol. The first-order chi connectivity index (χ1) is 12.7. The first-order valence-corrected chi connectivity index (χ1v) is 8.57. The van der Waals surface area contributed by atoms with Crippen LogP contribution in [0.15, 0.2) is 60.9 Å². The summed E-state index contributed by atoms with van der Waals surface area (Å²) in [6.07, 6.45) is 4.21. The van der Waals surface area contributed by atoms with E-state index in [1.807, 2.05) is 36.4 Å². The van der Waals surface area contributed by atoms with Gasteiger partial charge in [0.2, 0.25) is 0 Å². The number of nitrogens with one attached hydrogen (secondary N) is 2. The Bertz CT molecular complexity index is 838. The Morgan fingerprint density at radius 1 is 0.923 bits per heavy atom. The van der Waals surface area contributed by atoms with E-state index in [1.165, 1.54) is 5.56 Å². The minimum atomic E-state index is -0.262. The molecule has 0 fully saturated rings. The maximum atomic E-state index is 12.1. The lowest BCUT2D eigenvalue weighted by molar-refractivity contribution is 0.0945. The highest BCUT2D eigenvalue weighted by Crippen LogP contribution is 2.10. The molecule has 1 amide bonds. The third-order valence-corrected chi connectivity index (χ3v) is 3.98. The lowest BCUT2D eigenvalue weighted by Crippen LogP contribution is -2.24. The maximum absolute atomic E-state index is 12.1. The van der Waals surface area contributed by atoms with Crippen molar-refractivity contribution in [2.45, 2.75) is 13.0 Å². The molecule has 2 aromatic heterocycles. The highest BCUT2D eigenvalue weighted by molar-refractivity contribution is 6.30. The fraction of sp³-hybridized carbons (Fsp3) is 0.158. The second-order valence-electron chi connectivity index (χ2n) is 5.65. The molecule has 132 valence electrons. The standard InChI is InChI=1S/C19H18ClN5O/c20-16-3-1-14(2-4-16)9-12-22-18-6-5-17(24-25-18)19(26)23-13-15-7-10-21-11-8-15/h1-8,10-11H,9,12-13H2,(H,22,25)(H,23,26). The largest absolute Gasteiger partial charge is 0.368 e. The second-order valence-corrected chi connectivity index (χ2v) is 6.08. The first kappa shape index (κ1) is 17.8. The summed E-state index contributed by atoms with van der Waals surface area (Å²) >= 11 is 5.87. The molecule has 7 heteroatoms. The SMILES string of the molecule is O=C(NCc1ccncc1)c1ccc(NCCc2ccc(Cl)cc2)nn1. The number of aromatic nitrogens is 3. The van der Waals surface area contributed by atoms with Crippen molar-refractivity contribution in [3.63, 3.8) is 0 Å². The van der Waals surface area contributed by atoms with Crippen LogP contribution in [0.4, 0.5) is 5.82 Å². The van der Waals surface area contributed by atoms with Gasteiger partial charge in [-0.15, -0.1) is 10.2 Å². The van der Waals surface area contributed by atoms with Crippen molar-refractivity contribution in [2.24, 2.45) is 0 Å². The van der Waals surface area contributed by atoms with Gasteiger partial charge in [0.25, 0.3) is 5.91 Å². The topological polar surface area (TPSA) is 79.8 Å². The number of anilines is 1. The van der Waals surface area contributed by atoms with Crippen molar-refractivity contribution < 1.29 is 4.79 Å². The number of pyridine rings is 1. The van der Waals surface area contributed by atoms with E-state index in [-0.39, 0.29) is 11.6 Å². The number of hydrogen-bond donors (Lipinski definition) is 2. The molecular formula is C19H18ClN5O. The number of hydrogen-bond acceptors (Lipinski definition) is 5. The van der Waals surface area contributed by atoms with Crippen molar-refractivity contribution >= 4 is 23.3 Å². The van der Waals surface area contributed by atoms with E-state index < -0.39 is 0 Å². The van der Waals surface area contributed by atoms with Crippen molar-refractivity contribution in [3.05, 3.63) is 82.8 Å². The fourth-order valence-corrected chi connectivity index (χ4v) is 2.43. The van der Waals surface area contributed by atoms with Crippen LogP contribution in [-0.2, 0) is 13.0 Å². The highest BCUT2D eigenvalue weighted by Gasteiger charge is 2.08. The highest BCUT2D eigenvalue weighted by atomic mass is 35.5. The van der Waals surface area contributed by atoms with Gasteiger partial charge in [0.05, 0.1) is 0 Å².